The number of nitrogens with one attached hydrogen (secondary N) is 6. The van der Waals surface area contributed by atoms with Crippen LogP contribution in [0, 0.1) is 40.4 Å². The quantitative estimate of drug-likeness (QED) is 0.0330. The summed E-state index contributed by atoms with van der Waals surface area (Å²) in [5.74, 6) is -6.99. The number of fused-ring (bicyclic) bond motifs is 7. The molecule has 115 heavy (non-hydrogen) atoms. The number of rotatable bonds is 44. The van der Waals surface area contributed by atoms with E-state index in [4.69, 9.17) is 47.4 Å². The Morgan fingerprint density at radius 2 is 1.48 bits per heavy atom. The van der Waals surface area contributed by atoms with Gasteiger partial charge in [-0.3, -0.25) is 53.1 Å². The van der Waals surface area contributed by atoms with Gasteiger partial charge in [0.1, 0.15) is 61.7 Å². The Labute approximate surface area is 669 Å². The van der Waals surface area contributed by atoms with E-state index in [0.717, 1.165) is 25.3 Å². The predicted molar refractivity (Wildman–Crippen MR) is 407 cm³/mol. The summed E-state index contributed by atoms with van der Waals surface area (Å²) >= 11 is 0. The molecule has 11 N–H and O–H groups in total. The van der Waals surface area contributed by atoms with E-state index < -0.39 is 173 Å². The van der Waals surface area contributed by atoms with Gasteiger partial charge in [-0.25, -0.2) is 8.78 Å². The molecule has 10 rings (SSSR count). The zero-order valence-corrected chi connectivity index (χ0v) is 67.1. The van der Waals surface area contributed by atoms with E-state index in [9.17, 15) is 68.7 Å². The van der Waals surface area contributed by atoms with Crippen LogP contribution in [0.25, 0.3) is 0 Å². The third kappa shape index (κ3) is 20.9. The van der Waals surface area contributed by atoms with Gasteiger partial charge in [-0.2, -0.15) is 0 Å². The molecule has 3 saturated heterocycles. The van der Waals surface area contributed by atoms with Gasteiger partial charge in [-0.15, -0.1) is 5.53 Å². The molecule has 0 spiro atoms. The van der Waals surface area contributed by atoms with Gasteiger partial charge in [0, 0.05) is 73.3 Å². The van der Waals surface area contributed by atoms with E-state index >= 15 is 8.78 Å². The van der Waals surface area contributed by atoms with Gasteiger partial charge in [-0.1, -0.05) is 66.9 Å². The van der Waals surface area contributed by atoms with Gasteiger partial charge >= 0.3 is 0 Å². The summed E-state index contributed by atoms with van der Waals surface area (Å²) in [6, 6.07) is 3.96. The Kier molecular flexibility index (Phi) is 32.4. The van der Waals surface area contributed by atoms with E-state index in [0.29, 0.717) is 95.1 Å². The van der Waals surface area contributed by atoms with Gasteiger partial charge in [0.05, 0.1) is 95.7 Å². The molecular weight excluding hydrogens is 1510 g/mol. The first-order valence-corrected chi connectivity index (χ1v) is 41.0. The van der Waals surface area contributed by atoms with Crippen LogP contribution in [-0.2, 0) is 85.8 Å². The van der Waals surface area contributed by atoms with Crippen molar-refractivity contribution in [3.63, 3.8) is 0 Å². The first-order chi connectivity index (χ1) is 55.0. The minimum atomic E-state index is -2.38. The van der Waals surface area contributed by atoms with Gasteiger partial charge in [0.2, 0.25) is 41.2 Å². The maximum Gasteiger partial charge on any atom is 0.246 e. The lowest BCUT2D eigenvalue weighted by atomic mass is 9.44. The maximum absolute atomic E-state index is 18.1. The highest BCUT2D eigenvalue weighted by atomic mass is 19.1. The average Bonchev–Trinajstić information content (AvgIpc) is 1.54. The van der Waals surface area contributed by atoms with Crippen LogP contribution >= 0.6 is 0 Å². The fourth-order valence-corrected chi connectivity index (χ4v) is 18.0. The van der Waals surface area contributed by atoms with Gasteiger partial charge in [0.15, 0.2) is 35.4 Å². The van der Waals surface area contributed by atoms with Crippen molar-refractivity contribution < 1.29 is 125 Å². The van der Waals surface area contributed by atoms with Crippen LogP contribution in [0.2, 0.25) is 0 Å². The molecule has 34 heteroatoms. The Morgan fingerprint density at radius 3 is 2.16 bits per heavy atom. The lowest BCUT2D eigenvalue weighted by Gasteiger charge is -2.63. The topological polar surface area (TPSA) is 426 Å². The number of Topliss-reactive ketones (excluding diaryl/α,β-unsaturated/α-hetero) is 2. The number of allylic oxidation sites excluding steroid dienone is 5. The summed E-state index contributed by atoms with van der Waals surface area (Å²) in [7, 11) is 0. The SMILES string of the molecule is CCCC1O[C@@H]2C[C@H]3[C@@H]4C[C@H](F)C5=CC(=O)C=C[C@]5(C)[C@@]4(F)[C@@H](O)C[C@]3(C)[C@]2(C(=O)COc2ccc(NC(=O)[C@H](C)CC(=O)[C@@H](NC(=O)[C@@H](CCCCNC(=O)COC3CCCCCC4=C3NNN4[C@@H]3O[C@H](CO)[C@H](O)[C@H](O)[C@H]3O)NC(=O)CCOCCOCCOCCOCCCOCCN3C(=O)CC(C)C3=O)C(C)C)cc2)O1. The van der Waals surface area contributed by atoms with E-state index in [1.807, 2.05) is 6.92 Å². The van der Waals surface area contributed by atoms with E-state index in [1.165, 1.54) is 29.0 Å². The number of benzene rings is 1. The zero-order chi connectivity index (χ0) is 82.9. The Bertz CT molecular complexity index is 3630. The number of unbranched alkanes of at least 4 members (excludes halogenated alkanes) is 1. The van der Waals surface area contributed by atoms with Crippen LogP contribution < -0.4 is 37.0 Å². The fraction of sp³-hybridized carbons (Fsp3) is 0.741. The maximum atomic E-state index is 18.1. The molecule has 32 nitrogen and oxygen atoms in total. The number of ketones is 3. The van der Waals surface area contributed by atoms with Crippen molar-refractivity contribution in [3.05, 3.63) is 59.5 Å². The first kappa shape index (κ1) is 90.5. The van der Waals surface area contributed by atoms with Gasteiger partial charge in [-0.05, 0) is 131 Å². The van der Waals surface area contributed by atoms with Crippen LogP contribution in [0.15, 0.2) is 59.5 Å². The molecule has 3 unspecified atom stereocenters. The molecule has 0 aromatic heterocycles. The second-order valence-electron chi connectivity index (χ2n) is 32.5. The highest BCUT2D eigenvalue weighted by molar-refractivity contribution is 6.03. The number of imide groups is 1. The zero-order valence-electron chi connectivity index (χ0n) is 67.1. The molecule has 6 amide bonds. The number of carbonyl (C=O) groups is 9. The molecular formula is C81H120F2N8O24. The van der Waals surface area contributed by atoms with Crippen molar-refractivity contribution >= 4 is 58.5 Å². The van der Waals surface area contributed by atoms with Crippen molar-refractivity contribution in [3.8, 4) is 5.75 Å². The largest absolute Gasteiger partial charge is 0.486 e. The number of amides is 6. The molecule has 3 saturated carbocycles. The van der Waals surface area contributed by atoms with Gasteiger partial charge < -0.3 is 99.6 Å². The second kappa shape index (κ2) is 41.2. The number of hydrogen-bond acceptors (Lipinski definition) is 27. The lowest BCUT2D eigenvalue weighted by molar-refractivity contribution is -0.266. The van der Waals surface area contributed by atoms with E-state index in [2.05, 4.69) is 32.2 Å². The first-order valence-electron chi connectivity index (χ1n) is 41.0. The van der Waals surface area contributed by atoms with Crippen molar-refractivity contribution in [1.82, 2.24) is 36.8 Å². The number of anilines is 1. The Balaban J connectivity index is 0.681. The number of nitrogens with zero attached hydrogens (tertiary/aromatic N) is 2. The van der Waals surface area contributed by atoms with Crippen LogP contribution in [0.3, 0.4) is 0 Å². The standard InChI is InChI=1S/C81H120F2N8O24/c1-8-15-68-114-64-42-53-54-41-56(82)55-40-51(93)23-25-78(55,6)80(54,83)62(95)43-79(53,7)81(64,115-68)63(96)45-111-52-21-19-50(20-22-52)85-74(103)48(4)38-59(94)69(47(2)3)87-75(104)57(86-65(97)24-30-108-33-35-110-37-36-109-34-32-107-29-14-28-106-31-27-90-67(99)39-49(5)76(90)105)16-12-13-26-84-66(98)46-112-60-18-11-9-10-17-58-70(60)88-89-91(58)77-73(102)72(101)71(100)61(44-92)113-77/h19-23,25,40,47-49,53-54,56-57,60-62,64,68-69,71-73,77,88-89,92,95,100-102H,8-18,24,26-39,41-46H2,1-7H3,(H,84,98)(H,85,103)(H,86,97)(H,87,104)/t48-,49?,53+,54+,56+,57-,60?,61-,62+,64-,68?,69+,71+,72+,73-,77-,78+,79+,80+,81-/m1/s1. The molecule has 6 fully saturated rings. The van der Waals surface area contributed by atoms with Crippen LogP contribution in [0.1, 0.15) is 158 Å². The molecule has 4 heterocycles. The highest BCUT2D eigenvalue weighted by Crippen LogP contribution is 2.72. The Morgan fingerprint density at radius 1 is 0.783 bits per heavy atom. The molecule has 642 valence electrons. The lowest BCUT2D eigenvalue weighted by Crippen LogP contribution is -2.71. The van der Waals surface area contributed by atoms with Crippen molar-refractivity contribution in [2.45, 2.75) is 242 Å². The molecule has 1 aromatic carbocycles. The summed E-state index contributed by atoms with van der Waals surface area (Å²) < 4.78 is 93.6. The van der Waals surface area contributed by atoms with Crippen molar-refractivity contribution in [2.24, 2.45) is 40.4 Å². The van der Waals surface area contributed by atoms with Gasteiger partial charge in [0.25, 0.3) is 0 Å². The number of alkyl halides is 2. The fourth-order valence-electron chi connectivity index (χ4n) is 18.0. The number of halogens is 2. The minimum Gasteiger partial charge on any atom is -0.486 e. The number of carbonyl (C=O) groups excluding carboxylic acids is 9. The highest BCUT2D eigenvalue weighted by Gasteiger charge is 2.80. The summed E-state index contributed by atoms with van der Waals surface area (Å²) in [5, 5.41) is 66.5. The van der Waals surface area contributed by atoms with Crippen LogP contribution in [0.5, 0.6) is 5.75 Å². The third-order valence-corrected chi connectivity index (χ3v) is 24.3. The molecule has 9 aliphatic rings. The molecule has 0 radical (unpaired) electrons. The van der Waals surface area contributed by atoms with Crippen LogP contribution in [0.4, 0.5) is 14.5 Å². The summed E-state index contributed by atoms with van der Waals surface area (Å²) in [6.07, 6.45) is -3.41. The second-order valence-corrected chi connectivity index (χ2v) is 32.5. The summed E-state index contributed by atoms with van der Waals surface area (Å²) in [6.45, 7) is 13.8. The van der Waals surface area contributed by atoms with E-state index in [-0.39, 0.29) is 127 Å². The monoisotopic (exact) mass is 1630 g/mol. The average molecular weight is 1630 g/mol. The molecule has 4 aliphatic heterocycles. The Hall–Kier alpha value is -6.87. The van der Waals surface area contributed by atoms with E-state index in [1.54, 1.807) is 58.9 Å². The number of aliphatic hydroxyl groups excluding tert-OH is 5. The molecule has 20 atom stereocenters. The minimum absolute atomic E-state index is 0.00863. The summed E-state index contributed by atoms with van der Waals surface area (Å²) in [4.78, 5) is 122. The molecule has 1 aromatic rings. The third-order valence-electron chi connectivity index (χ3n) is 24.3. The smallest absolute Gasteiger partial charge is 0.246 e. The normalized spacial score (nSPS) is 31.7. The van der Waals surface area contributed by atoms with Crippen molar-refractivity contribution in [2.75, 3.05) is 104 Å². The molecule has 0 bridgehead atoms. The number of likely N-dealkylation sites (tertiary alicyclic amines) is 1. The summed E-state index contributed by atoms with van der Waals surface area (Å²) in [5.41, 5.74) is 0.713. The number of ether oxygens (including phenoxy) is 10. The van der Waals surface area contributed by atoms with Crippen LogP contribution in [-0.4, -0.2) is 272 Å². The van der Waals surface area contributed by atoms with Crippen molar-refractivity contribution in [1.29, 1.82) is 0 Å². The number of hydrogen-bond donors (Lipinski definition) is 11. The number of hydrazine groups is 2. The predicted octanol–water partition coefficient (Wildman–Crippen LogP) is 3.23. The number of aliphatic hydroxyl groups is 5. The molecule has 5 aliphatic carbocycles.